The summed E-state index contributed by atoms with van der Waals surface area (Å²) in [5.74, 6) is 0. The topological polar surface area (TPSA) is 31.5 Å². The molecule has 0 bridgehead atoms. The lowest BCUT2D eigenvalue weighted by Gasteiger charge is -1.43. The van der Waals surface area contributed by atoms with E-state index in [0.29, 0.717) is 0 Å². The maximum absolute atomic E-state index is 2.28. The average molecular weight is 286 g/mol. The lowest BCUT2D eigenvalue weighted by atomic mass is 12.0. The first-order chi connectivity index (χ1) is 1.41. The molecule has 1 nitrogen and oxygen atoms in total. The Balaban J connectivity index is 0. The quantitative estimate of drug-likeness (QED) is 0.470. The number of hydrogen-bond donors (Lipinski definition) is 0. The second-order valence-electron chi connectivity index (χ2n) is 0.101. The molecule has 0 aromatic carbocycles. The van der Waals surface area contributed by atoms with Crippen molar-refractivity contribution in [1.82, 2.24) is 0 Å². The van der Waals surface area contributed by atoms with Gasteiger partial charge < -0.3 is 5.48 Å². The maximum Gasteiger partial charge on any atom is 0.0516 e. The zero-order valence-corrected chi connectivity index (χ0v) is 6.28. The van der Waals surface area contributed by atoms with Crippen LogP contribution in [0, 0.1) is 0 Å². The van der Waals surface area contributed by atoms with Crippen molar-refractivity contribution in [2.75, 3.05) is 2.43 Å². The fourth-order valence-corrected chi connectivity index (χ4v) is 0. The van der Waals surface area contributed by atoms with Crippen LogP contribution < -0.4 is 0 Å². The van der Waals surface area contributed by atoms with E-state index in [4.69, 9.17) is 0 Å². The Morgan fingerprint density at radius 2 is 1.25 bits per heavy atom. The number of halogens is 2. The Bertz CT molecular complexity index is 6.00. The van der Waals surface area contributed by atoms with Crippen molar-refractivity contribution in [2.45, 2.75) is 0 Å². The van der Waals surface area contributed by atoms with E-state index < -0.39 is 0 Å². The monoisotopic (exact) mass is 286 g/mol. The van der Waals surface area contributed by atoms with E-state index in [0.717, 1.165) is 0 Å². The van der Waals surface area contributed by atoms with Gasteiger partial charge in [-0.3, -0.25) is 0 Å². The third-order valence-electron chi connectivity index (χ3n) is 0. The second-order valence-corrected chi connectivity index (χ2v) is 4.55. The number of alkyl halides is 2. The smallest absolute Gasteiger partial charge is 0.0516 e. The summed E-state index contributed by atoms with van der Waals surface area (Å²) in [6.45, 7) is 0. The van der Waals surface area contributed by atoms with Crippen LogP contribution in [-0.2, 0) is 0 Å². The molecule has 0 amide bonds. The number of hydrogen-bond acceptors (Lipinski definition) is 0. The molecule has 4 heavy (non-hydrogen) atoms. The van der Waals surface area contributed by atoms with Crippen molar-refractivity contribution in [3.8, 4) is 0 Å². The van der Waals surface area contributed by atoms with Gasteiger partial charge >= 0.3 is 0 Å². The summed E-state index contributed by atoms with van der Waals surface area (Å²) in [5.41, 5.74) is 0. The Labute approximate surface area is 52.7 Å². The van der Waals surface area contributed by atoms with Gasteiger partial charge in [0, 0.05) is 0 Å². The molecule has 0 aliphatic carbocycles. The fourth-order valence-electron chi connectivity index (χ4n) is 0. The Kier molecular flexibility index (Phi) is 20.0. The molecule has 0 atom stereocenters. The van der Waals surface area contributed by atoms with Crippen molar-refractivity contribution >= 4 is 45.2 Å². The largest absolute Gasteiger partial charge is 0.412 e. The molecule has 0 aliphatic heterocycles. The summed E-state index contributed by atoms with van der Waals surface area (Å²) in [7, 11) is 0. The predicted molar refractivity (Wildman–Crippen MR) is 36.5 cm³/mol. The van der Waals surface area contributed by atoms with Gasteiger partial charge in [0.25, 0.3) is 0 Å². The standard InChI is InChI=1S/CH2I2.H2O/c2-1-3;/h1H2;1H2. The minimum absolute atomic E-state index is 0. The van der Waals surface area contributed by atoms with Crippen LogP contribution in [0.2, 0.25) is 0 Å². The zero-order chi connectivity index (χ0) is 2.71. The fraction of sp³-hybridized carbons (Fsp3) is 1.00. The van der Waals surface area contributed by atoms with Gasteiger partial charge in [0.2, 0.25) is 0 Å². The Morgan fingerprint density at radius 3 is 1.25 bits per heavy atom. The highest BCUT2D eigenvalue weighted by molar-refractivity contribution is 14.2. The average Bonchev–Trinajstić information content (AvgIpc) is 0.918. The minimum Gasteiger partial charge on any atom is -0.412 e. The van der Waals surface area contributed by atoms with Crippen LogP contribution in [-0.4, -0.2) is 7.91 Å². The van der Waals surface area contributed by atoms with Gasteiger partial charge in [0.05, 0.1) is 2.43 Å². The molecule has 0 aliphatic rings. The number of rotatable bonds is 0. The molecule has 0 radical (unpaired) electrons. The van der Waals surface area contributed by atoms with Crippen molar-refractivity contribution in [3.05, 3.63) is 0 Å². The molecule has 0 saturated heterocycles. The molecular weight excluding hydrogens is 282 g/mol. The van der Waals surface area contributed by atoms with Gasteiger partial charge in [-0.2, -0.15) is 0 Å². The van der Waals surface area contributed by atoms with Gasteiger partial charge in [-0.1, -0.05) is 45.2 Å². The van der Waals surface area contributed by atoms with Gasteiger partial charge in [-0.05, 0) is 0 Å². The van der Waals surface area contributed by atoms with E-state index in [1.807, 2.05) is 0 Å². The lowest BCUT2D eigenvalue weighted by molar-refractivity contribution is 0.824. The van der Waals surface area contributed by atoms with Gasteiger partial charge in [0.15, 0.2) is 0 Å². The molecule has 3 heteroatoms. The summed E-state index contributed by atoms with van der Waals surface area (Å²) in [5, 5.41) is 0. The van der Waals surface area contributed by atoms with Crippen LogP contribution in [0.5, 0.6) is 0 Å². The van der Waals surface area contributed by atoms with Crippen LogP contribution in [0.15, 0.2) is 0 Å². The first-order valence-electron chi connectivity index (χ1n) is 0.535. The minimum atomic E-state index is 0. The highest BCUT2D eigenvalue weighted by Crippen LogP contribution is 1.86. The van der Waals surface area contributed by atoms with Crippen molar-refractivity contribution in [3.63, 3.8) is 0 Å². The molecule has 2 N–H and O–H groups in total. The molecule has 0 unspecified atom stereocenters. The van der Waals surface area contributed by atoms with Crippen LogP contribution in [0.4, 0.5) is 0 Å². The molecule has 0 fully saturated rings. The van der Waals surface area contributed by atoms with Gasteiger partial charge in [-0.25, -0.2) is 0 Å². The highest BCUT2D eigenvalue weighted by atomic mass is 127. The van der Waals surface area contributed by atoms with E-state index in [9.17, 15) is 0 Å². The molecular formula is CH4I2O. The van der Waals surface area contributed by atoms with Crippen LogP contribution >= 0.6 is 45.2 Å². The summed E-state index contributed by atoms with van der Waals surface area (Å²) >= 11 is 4.55. The third kappa shape index (κ3) is 9.93. The Hall–Kier alpha value is 1.42. The SMILES string of the molecule is ICI.O. The Morgan fingerprint density at radius 1 is 1.25 bits per heavy atom. The summed E-state index contributed by atoms with van der Waals surface area (Å²) in [6, 6.07) is 0. The third-order valence-corrected chi connectivity index (χ3v) is 0. The lowest BCUT2D eigenvalue weighted by Crippen LogP contribution is -1.17. The van der Waals surface area contributed by atoms with Gasteiger partial charge in [-0.15, -0.1) is 0 Å². The molecule has 0 aromatic heterocycles. The molecule has 0 saturated carbocycles. The molecule has 28 valence electrons. The van der Waals surface area contributed by atoms with E-state index in [-0.39, 0.29) is 5.48 Å². The molecule has 0 aromatic rings. The second kappa shape index (κ2) is 8.83. The molecule has 0 rings (SSSR count). The van der Waals surface area contributed by atoms with Crippen LogP contribution in [0.1, 0.15) is 0 Å². The van der Waals surface area contributed by atoms with Crippen LogP contribution in [0.25, 0.3) is 0 Å². The van der Waals surface area contributed by atoms with Crippen LogP contribution in [0.3, 0.4) is 0 Å². The normalized spacial score (nSPS) is 4.50. The van der Waals surface area contributed by atoms with Gasteiger partial charge in [0.1, 0.15) is 0 Å². The van der Waals surface area contributed by atoms with E-state index in [2.05, 4.69) is 45.2 Å². The first kappa shape index (κ1) is 9.05. The maximum atomic E-state index is 2.28. The highest BCUT2D eigenvalue weighted by Gasteiger charge is 1.40. The molecule has 0 heterocycles. The summed E-state index contributed by atoms with van der Waals surface area (Å²) in [6.07, 6.45) is 0. The van der Waals surface area contributed by atoms with E-state index >= 15 is 0 Å². The summed E-state index contributed by atoms with van der Waals surface area (Å²) in [4.78, 5) is 0. The van der Waals surface area contributed by atoms with Crippen molar-refractivity contribution in [1.29, 1.82) is 0 Å². The zero-order valence-electron chi connectivity index (χ0n) is 1.96. The first-order valence-corrected chi connectivity index (χ1v) is 3.59. The van der Waals surface area contributed by atoms with E-state index in [1.165, 1.54) is 2.43 Å². The molecule has 0 spiro atoms. The van der Waals surface area contributed by atoms with Crippen molar-refractivity contribution in [2.24, 2.45) is 0 Å². The van der Waals surface area contributed by atoms with E-state index in [1.54, 1.807) is 0 Å². The summed E-state index contributed by atoms with van der Waals surface area (Å²) < 4.78 is 1.19. The predicted octanol–water partition coefficient (Wildman–Crippen LogP) is 0.989. The van der Waals surface area contributed by atoms with Crippen molar-refractivity contribution < 1.29 is 5.48 Å².